The Morgan fingerprint density at radius 2 is 1.58 bits per heavy atom. The second kappa shape index (κ2) is 7.99. The lowest BCUT2D eigenvalue weighted by molar-refractivity contribution is 0.00690. The quantitative estimate of drug-likeness (QED) is 0.840. The van der Waals surface area contributed by atoms with Gasteiger partial charge in [0.25, 0.3) is 0 Å². The van der Waals surface area contributed by atoms with Gasteiger partial charge in [0.05, 0.1) is 5.56 Å². The second-order valence-electron chi connectivity index (χ2n) is 7.37. The SMILES string of the molecule is CC(C)(C)OC(=O)NCC=Cc1ccccc1C(=O)OC(C)(C)C. The highest BCUT2D eigenvalue weighted by atomic mass is 16.6. The molecule has 0 saturated heterocycles. The summed E-state index contributed by atoms with van der Waals surface area (Å²) in [6, 6.07) is 7.17. The van der Waals surface area contributed by atoms with Crippen LogP contribution < -0.4 is 5.32 Å². The molecule has 0 aromatic heterocycles. The van der Waals surface area contributed by atoms with Crippen LogP contribution in [0.5, 0.6) is 0 Å². The van der Waals surface area contributed by atoms with Gasteiger partial charge in [0.15, 0.2) is 0 Å². The van der Waals surface area contributed by atoms with E-state index in [-0.39, 0.29) is 5.97 Å². The third-order valence-electron chi connectivity index (χ3n) is 2.64. The molecule has 1 N–H and O–H groups in total. The Kier molecular flexibility index (Phi) is 6.58. The lowest BCUT2D eigenvalue weighted by atomic mass is 10.1. The fourth-order valence-electron chi connectivity index (χ4n) is 1.80. The Bertz CT molecular complexity index is 607. The zero-order valence-electron chi connectivity index (χ0n) is 15.3. The van der Waals surface area contributed by atoms with Gasteiger partial charge in [-0.1, -0.05) is 30.4 Å². The average molecular weight is 333 g/mol. The Labute approximate surface area is 144 Å². The zero-order valence-corrected chi connectivity index (χ0v) is 15.3. The third kappa shape index (κ3) is 7.81. The van der Waals surface area contributed by atoms with Crippen LogP contribution in [-0.2, 0) is 9.47 Å². The van der Waals surface area contributed by atoms with Crippen LogP contribution in [0.3, 0.4) is 0 Å². The van der Waals surface area contributed by atoms with Crippen LogP contribution in [0.1, 0.15) is 57.5 Å². The molecule has 0 aliphatic carbocycles. The Morgan fingerprint density at radius 1 is 1.00 bits per heavy atom. The fraction of sp³-hybridized carbons (Fsp3) is 0.474. The Hall–Kier alpha value is -2.30. The first-order chi connectivity index (χ1) is 11.0. The molecule has 0 spiro atoms. The van der Waals surface area contributed by atoms with E-state index in [9.17, 15) is 9.59 Å². The van der Waals surface area contributed by atoms with E-state index in [1.165, 1.54) is 0 Å². The van der Waals surface area contributed by atoms with Crippen molar-refractivity contribution in [2.24, 2.45) is 0 Å². The number of carbonyl (C=O) groups is 2. The number of carbonyl (C=O) groups excluding carboxylic acids is 2. The minimum atomic E-state index is -0.549. The zero-order chi connectivity index (χ0) is 18.4. The molecule has 0 radical (unpaired) electrons. The summed E-state index contributed by atoms with van der Waals surface area (Å²) in [5.41, 5.74) is 0.141. The van der Waals surface area contributed by atoms with Gasteiger partial charge in [-0.25, -0.2) is 9.59 Å². The summed E-state index contributed by atoms with van der Waals surface area (Å²) >= 11 is 0. The van der Waals surface area contributed by atoms with Gasteiger partial charge in [0.2, 0.25) is 0 Å². The molecule has 0 aliphatic heterocycles. The highest BCUT2D eigenvalue weighted by molar-refractivity contribution is 5.93. The molecule has 1 amide bonds. The number of benzene rings is 1. The summed E-state index contributed by atoms with van der Waals surface area (Å²) in [6.07, 6.45) is 3.05. The van der Waals surface area contributed by atoms with E-state index >= 15 is 0 Å². The number of alkyl carbamates (subject to hydrolysis) is 1. The molecule has 5 heteroatoms. The maximum atomic E-state index is 12.2. The number of hydrogen-bond acceptors (Lipinski definition) is 4. The van der Waals surface area contributed by atoms with Crippen molar-refractivity contribution >= 4 is 18.1 Å². The number of amides is 1. The van der Waals surface area contributed by atoms with Gasteiger partial charge in [-0.3, -0.25) is 0 Å². The minimum Gasteiger partial charge on any atom is -0.456 e. The fourth-order valence-corrected chi connectivity index (χ4v) is 1.80. The van der Waals surface area contributed by atoms with E-state index in [0.717, 1.165) is 5.56 Å². The number of esters is 1. The summed E-state index contributed by atoms with van der Waals surface area (Å²) in [5, 5.41) is 2.63. The summed E-state index contributed by atoms with van der Waals surface area (Å²) < 4.78 is 10.5. The van der Waals surface area contributed by atoms with E-state index in [2.05, 4.69) is 5.32 Å². The van der Waals surface area contributed by atoms with Gasteiger partial charge in [-0.2, -0.15) is 0 Å². The first kappa shape index (κ1) is 19.7. The molecule has 0 unspecified atom stereocenters. The molecular formula is C19H27NO4. The lowest BCUT2D eigenvalue weighted by Gasteiger charge is -2.20. The predicted molar refractivity (Wildman–Crippen MR) is 94.9 cm³/mol. The smallest absolute Gasteiger partial charge is 0.407 e. The normalized spacial score (nSPS) is 12.1. The maximum absolute atomic E-state index is 12.2. The molecule has 1 rings (SSSR count). The predicted octanol–water partition coefficient (Wildman–Crippen LogP) is 4.18. The van der Waals surface area contributed by atoms with Crippen molar-refractivity contribution in [2.45, 2.75) is 52.7 Å². The molecule has 1 aromatic rings. The van der Waals surface area contributed by atoms with Crippen LogP contribution in [0.25, 0.3) is 6.08 Å². The van der Waals surface area contributed by atoms with E-state index in [1.807, 2.05) is 32.9 Å². The summed E-state index contributed by atoms with van der Waals surface area (Å²) in [5.74, 6) is -0.372. The van der Waals surface area contributed by atoms with Crippen molar-refractivity contribution in [2.75, 3.05) is 6.54 Å². The van der Waals surface area contributed by atoms with Crippen LogP contribution >= 0.6 is 0 Å². The van der Waals surface area contributed by atoms with Crippen molar-refractivity contribution in [1.82, 2.24) is 5.32 Å². The summed E-state index contributed by atoms with van der Waals surface area (Å²) in [6.45, 7) is 11.2. The van der Waals surface area contributed by atoms with Gasteiger partial charge >= 0.3 is 12.1 Å². The molecule has 0 fully saturated rings. The number of hydrogen-bond donors (Lipinski definition) is 1. The Balaban J connectivity index is 2.68. The van der Waals surface area contributed by atoms with Crippen molar-refractivity contribution in [3.05, 3.63) is 41.5 Å². The molecule has 24 heavy (non-hydrogen) atoms. The minimum absolute atomic E-state index is 0.303. The molecule has 1 aromatic carbocycles. The first-order valence-electron chi connectivity index (χ1n) is 7.94. The molecule has 132 valence electrons. The number of rotatable bonds is 4. The second-order valence-corrected chi connectivity index (χ2v) is 7.37. The Morgan fingerprint density at radius 3 is 2.17 bits per heavy atom. The first-order valence-corrected chi connectivity index (χ1v) is 7.94. The average Bonchev–Trinajstić information content (AvgIpc) is 2.40. The number of ether oxygens (including phenoxy) is 2. The molecule has 0 heterocycles. The van der Waals surface area contributed by atoms with Crippen LogP contribution in [0, 0.1) is 0 Å². The summed E-state index contributed by atoms with van der Waals surface area (Å²) in [4.78, 5) is 23.8. The van der Waals surface area contributed by atoms with Crippen molar-refractivity contribution in [3.8, 4) is 0 Å². The topological polar surface area (TPSA) is 64.6 Å². The van der Waals surface area contributed by atoms with Gasteiger partial charge in [-0.05, 0) is 53.2 Å². The highest BCUT2D eigenvalue weighted by Crippen LogP contribution is 2.16. The van der Waals surface area contributed by atoms with Gasteiger partial charge in [0.1, 0.15) is 11.2 Å². The lowest BCUT2D eigenvalue weighted by Crippen LogP contribution is -2.32. The van der Waals surface area contributed by atoms with Crippen molar-refractivity contribution in [3.63, 3.8) is 0 Å². The van der Waals surface area contributed by atoms with Gasteiger partial charge < -0.3 is 14.8 Å². The van der Waals surface area contributed by atoms with E-state index in [1.54, 1.807) is 45.1 Å². The molecule has 0 aliphatic rings. The maximum Gasteiger partial charge on any atom is 0.407 e. The molecule has 0 bridgehead atoms. The van der Waals surface area contributed by atoms with Crippen LogP contribution in [0.4, 0.5) is 4.79 Å². The van der Waals surface area contributed by atoms with E-state index in [0.29, 0.717) is 12.1 Å². The van der Waals surface area contributed by atoms with E-state index < -0.39 is 17.3 Å². The monoisotopic (exact) mass is 333 g/mol. The van der Waals surface area contributed by atoms with Crippen LogP contribution in [0.2, 0.25) is 0 Å². The summed E-state index contributed by atoms with van der Waals surface area (Å²) in [7, 11) is 0. The van der Waals surface area contributed by atoms with Gasteiger partial charge in [0, 0.05) is 6.54 Å². The van der Waals surface area contributed by atoms with Crippen molar-refractivity contribution < 1.29 is 19.1 Å². The molecule has 0 atom stereocenters. The largest absolute Gasteiger partial charge is 0.456 e. The molecule has 5 nitrogen and oxygen atoms in total. The van der Waals surface area contributed by atoms with E-state index in [4.69, 9.17) is 9.47 Å². The van der Waals surface area contributed by atoms with Gasteiger partial charge in [-0.15, -0.1) is 0 Å². The van der Waals surface area contributed by atoms with Crippen molar-refractivity contribution in [1.29, 1.82) is 0 Å². The highest BCUT2D eigenvalue weighted by Gasteiger charge is 2.19. The standard InChI is InChI=1S/C19H27NO4/c1-18(2,3)23-16(21)15-12-8-7-10-14(15)11-9-13-20-17(22)24-19(4,5)6/h7-12H,13H2,1-6H3,(H,20,22). The van der Waals surface area contributed by atoms with Crippen LogP contribution in [-0.4, -0.2) is 29.8 Å². The third-order valence-corrected chi connectivity index (χ3v) is 2.64. The molecular weight excluding hydrogens is 306 g/mol. The van der Waals surface area contributed by atoms with Crippen LogP contribution in [0.15, 0.2) is 30.3 Å². The molecule has 0 saturated carbocycles. The number of nitrogens with one attached hydrogen (secondary N) is 1.